The zero-order valence-electron chi connectivity index (χ0n) is 8.13. The van der Waals surface area contributed by atoms with Crippen LogP contribution in [0.2, 0.25) is 0 Å². The predicted molar refractivity (Wildman–Crippen MR) is 39.5 cm³/mol. The molecule has 0 saturated carbocycles. The van der Waals surface area contributed by atoms with E-state index < -0.39 is 0 Å². The Morgan fingerprint density at radius 2 is 1.85 bits per heavy atom. The van der Waals surface area contributed by atoms with Crippen molar-refractivity contribution in [2.75, 3.05) is 13.7 Å². The van der Waals surface area contributed by atoms with Crippen LogP contribution in [0.3, 0.4) is 0 Å². The number of nitrogens with zero attached hydrogens (tertiary/aromatic N) is 3. The first-order valence-electron chi connectivity index (χ1n) is 3.91. The Hall–Kier alpha value is -0.320. The maximum Gasteiger partial charge on any atom is 0.119 e. The molecule has 13 heavy (non-hydrogen) atoms. The molecule has 8 heteroatoms. The van der Waals surface area contributed by atoms with E-state index in [-0.39, 0.29) is 5.39 Å². The van der Waals surface area contributed by atoms with E-state index in [0.29, 0.717) is 11.9 Å². The molecule has 0 spiro atoms. The average molecular weight is 197 g/mol. The first kappa shape index (κ1) is 12.7. The van der Waals surface area contributed by atoms with Crippen molar-refractivity contribution >= 4 is 0 Å². The summed E-state index contributed by atoms with van der Waals surface area (Å²) in [5.74, 6) is 0. The van der Waals surface area contributed by atoms with Crippen LogP contribution < -0.4 is 0 Å². The first-order chi connectivity index (χ1) is 6.26. The van der Waals surface area contributed by atoms with E-state index in [4.69, 9.17) is 5.21 Å². The minimum absolute atomic E-state index is 0.0938. The Morgan fingerprint density at radius 3 is 2.31 bits per heavy atom. The van der Waals surface area contributed by atoms with Gasteiger partial charge in [-0.15, -0.1) is 9.88 Å². The van der Waals surface area contributed by atoms with Gasteiger partial charge in [-0.1, -0.05) is 18.8 Å². The molecule has 1 saturated heterocycles. The van der Waals surface area contributed by atoms with E-state index >= 15 is 0 Å². The van der Waals surface area contributed by atoms with Crippen LogP contribution in [-0.4, -0.2) is 34.9 Å². The van der Waals surface area contributed by atoms with Crippen molar-refractivity contribution in [1.82, 2.24) is 16.0 Å². The molecule has 1 N–H and O–H groups in total. The van der Waals surface area contributed by atoms with E-state index in [1.54, 1.807) is 6.92 Å². The van der Waals surface area contributed by atoms with E-state index in [1.165, 1.54) is 7.11 Å². The highest BCUT2D eigenvalue weighted by atomic mass is 17.4. The Morgan fingerprint density at radius 1 is 1.23 bits per heavy atom. The summed E-state index contributed by atoms with van der Waals surface area (Å²) in [6.45, 7) is 6.13. The summed E-state index contributed by atoms with van der Waals surface area (Å²) in [5.41, 5.74) is 0. The van der Waals surface area contributed by atoms with Crippen molar-refractivity contribution in [1.29, 1.82) is 0 Å². The lowest BCUT2D eigenvalue weighted by Gasteiger charge is -2.30. The molecule has 0 aromatic rings. The Balaban J connectivity index is 0.000000671. The first-order valence-corrected chi connectivity index (χ1v) is 3.91. The third kappa shape index (κ3) is 4.45. The summed E-state index contributed by atoms with van der Waals surface area (Å²) >= 11 is 0. The zero-order valence-corrected chi connectivity index (χ0v) is 8.13. The van der Waals surface area contributed by atoms with E-state index in [2.05, 4.69) is 19.7 Å². The van der Waals surface area contributed by atoms with Gasteiger partial charge in [0.15, 0.2) is 0 Å². The van der Waals surface area contributed by atoms with Crippen molar-refractivity contribution in [3.05, 3.63) is 0 Å². The fourth-order valence-electron chi connectivity index (χ4n) is 0.436. The predicted octanol–water partition coefficient (Wildman–Crippen LogP) is 0.442. The third-order valence-electron chi connectivity index (χ3n) is 0.862. The molecule has 1 aliphatic rings. The molecule has 0 amide bonds. The summed E-state index contributed by atoms with van der Waals surface area (Å²) in [4.78, 5) is 17.8. The maximum atomic E-state index is 8.66. The molecular weight excluding hydrogens is 182 g/mol. The summed E-state index contributed by atoms with van der Waals surface area (Å²) in [7, 11) is 1.30. The highest BCUT2D eigenvalue weighted by Crippen LogP contribution is 2.08. The molecule has 1 rings (SSSR count). The van der Waals surface area contributed by atoms with Gasteiger partial charge in [0.2, 0.25) is 0 Å². The Labute approximate surface area is 76.4 Å². The standard InChI is InChI=1S/C3H9N3O5.C2H6/c1-3-4-9-5(7)11-6(8-2)10-4;1-2/h7H,3H2,1-2H3;1-2H3. The summed E-state index contributed by atoms with van der Waals surface area (Å²) in [5, 5.41) is 10.3. The molecule has 8 nitrogen and oxygen atoms in total. The van der Waals surface area contributed by atoms with Gasteiger partial charge in [-0.05, 0) is 12.2 Å². The Bertz CT molecular complexity index is 115. The van der Waals surface area contributed by atoms with Crippen LogP contribution in [0.1, 0.15) is 20.8 Å². The molecule has 0 radical (unpaired) electrons. The van der Waals surface area contributed by atoms with Gasteiger partial charge in [-0.25, -0.2) is 0 Å². The van der Waals surface area contributed by atoms with Gasteiger partial charge >= 0.3 is 0 Å². The monoisotopic (exact) mass is 197 g/mol. The summed E-state index contributed by atoms with van der Waals surface area (Å²) in [6, 6.07) is 0. The van der Waals surface area contributed by atoms with Gasteiger partial charge in [0.05, 0.1) is 13.7 Å². The van der Waals surface area contributed by atoms with Crippen LogP contribution >= 0.6 is 0 Å². The van der Waals surface area contributed by atoms with Crippen molar-refractivity contribution in [3.63, 3.8) is 0 Å². The molecule has 0 bridgehead atoms. The quantitative estimate of drug-likeness (QED) is 0.684. The van der Waals surface area contributed by atoms with Gasteiger partial charge in [0.25, 0.3) is 0 Å². The van der Waals surface area contributed by atoms with Crippen LogP contribution in [0.15, 0.2) is 0 Å². The maximum absolute atomic E-state index is 8.66. The molecule has 0 aliphatic carbocycles. The molecule has 1 heterocycles. The van der Waals surface area contributed by atoms with Crippen molar-refractivity contribution in [2.45, 2.75) is 20.8 Å². The fraction of sp³-hybridized carbons (Fsp3) is 1.00. The van der Waals surface area contributed by atoms with Crippen LogP contribution in [0.4, 0.5) is 0 Å². The normalized spacial score (nSPS) is 21.0. The zero-order chi connectivity index (χ0) is 10.3. The second kappa shape index (κ2) is 7.12. The van der Waals surface area contributed by atoms with E-state index in [1.807, 2.05) is 13.8 Å². The topological polar surface area (TPSA) is 66.9 Å². The van der Waals surface area contributed by atoms with Gasteiger partial charge in [-0.3, -0.25) is 10.0 Å². The number of hydrogen-bond acceptors (Lipinski definition) is 8. The number of hydrogen-bond donors (Lipinski definition) is 1. The van der Waals surface area contributed by atoms with Gasteiger partial charge in [0, 0.05) is 0 Å². The molecule has 0 unspecified atom stereocenters. The van der Waals surface area contributed by atoms with Crippen molar-refractivity contribution in [2.24, 2.45) is 0 Å². The minimum atomic E-state index is 0.0938. The summed E-state index contributed by atoms with van der Waals surface area (Å²) in [6.07, 6.45) is 0. The second-order valence-electron chi connectivity index (χ2n) is 1.54. The highest BCUT2D eigenvalue weighted by Gasteiger charge is 2.26. The van der Waals surface area contributed by atoms with Crippen molar-refractivity contribution in [3.8, 4) is 0 Å². The number of hydroxylamine groups is 2. The van der Waals surface area contributed by atoms with Crippen LogP contribution in [0, 0.1) is 0 Å². The SMILES string of the molecule is CC.CCN1ON(O)ON(OC)O1. The van der Waals surface area contributed by atoms with Gasteiger partial charge in [-0.2, -0.15) is 0 Å². The third-order valence-corrected chi connectivity index (χ3v) is 0.862. The smallest absolute Gasteiger partial charge is 0.119 e. The van der Waals surface area contributed by atoms with E-state index in [0.717, 1.165) is 5.23 Å². The minimum Gasteiger partial charge on any atom is -0.263 e. The molecule has 80 valence electrons. The highest BCUT2D eigenvalue weighted by molar-refractivity contribution is 4.11. The van der Waals surface area contributed by atoms with Crippen LogP contribution in [0.5, 0.6) is 0 Å². The van der Waals surface area contributed by atoms with E-state index in [9.17, 15) is 0 Å². The lowest BCUT2D eigenvalue weighted by molar-refractivity contribution is -0.803. The largest absolute Gasteiger partial charge is 0.263 e. The van der Waals surface area contributed by atoms with Crippen LogP contribution in [-0.2, 0) is 19.7 Å². The molecule has 1 fully saturated rings. The Kier molecular flexibility index (Phi) is 6.94. The molecule has 0 atom stereocenters. The fourth-order valence-corrected chi connectivity index (χ4v) is 0.436. The van der Waals surface area contributed by atoms with Crippen molar-refractivity contribution < 1.29 is 24.9 Å². The number of rotatable bonds is 2. The molecule has 0 aromatic heterocycles. The lowest BCUT2D eigenvalue weighted by Crippen LogP contribution is -2.48. The second-order valence-corrected chi connectivity index (χ2v) is 1.54. The van der Waals surface area contributed by atoms with Gasteiger partial charge in [0.1, 0.15) is 10.8 Å². The molecule has 0 aromatic carbocycles. The summed E-state index contributed by atoms with van der Waals surface area (Å²) < 4.78 is 0. The lowest BCUT2D eigenvalue weighted by atomic mass is 10.8. The van der Waals surface area contributed by atoms with Crippen LogP contribution in [0.25, 0.3) is 0 Å². The molecular formula is C5H15N3O5. The van der Waals surface area contributed by atoms with Gasteiger partial charge < -0.3 is 0 Å². The molecule has 1 aliphatic heterocycles. The average Bonchev–Trinajstić information content (AvgIpc) is 2.20.